The van der Waals surface area contributed by atoms with Gasteiger partial charge in [-0.1, -0.05) is 348 Å². The molecule has 0 spiro atoms. The number of rotatable bonds is 64. The minimum absolute atomic E-state index is 0.0794. The largest absolute Gasteiger partial charge is 0.472 e. The lowest BCUT2D eigenvalue weighted by atomic mass is 10.0. The zero-order valence-electron chi connectivity index (χ0n) is 51.6. The molecule has 75 heavy (non-hydrogen) atoms. The lowest BCUT2D eigenvalue weighted by molar-refractivity contribution is -0.870. The van der Waals surface area contributed by atoms with Gasteiger partial charge in [0.05, 0.1) is 39.9 Å². The Hall–Kier alpha value is -0.500. The predicted molar refractivity (Wildman–Crippen MR) is 328 cm³/mol. The number of nitrogens with one attached hydrogen (secondary N) is 1. The van der Waals surface area contributed by atoms with Gasteiger partial charge < -0.3 is 19.8 Å². The fraction of sp³-hybridized carbons (Fsp3) is 0.985. The molecular weight excluding hydrogens is 948 g/mol. The number of quaternary nitrogens is 1. The molecule has 0 heterocycles. The first-order valence-corrected chi connectivity index (χ1v) is 35.4. The molecular formula is C66H136N2O6P+. The van der Waals surface area contributed by atoms with Crippen LogP contribution >= 0.6 is 7.82 Å². The summed E-state index contributed by atoms with van der Waals surface area (Å²) in [6.07, 6.45) is 72.0. The number of phosphoric acid groups is 1. The van der Waals surface area contributed by atoms with Crippen molar-refractivity contribution in [3.8, 4) is 0 Å². The molecule has 9 heteroatoms. The number of amides is 1. The van der Waals surface area contributed by atoms with Crippen molar-refractivity contribution in [3.63, 3.8) is 0 Å². The molecule has 1 amide bonds. The maximum absolute atomic E-state index is 13.1. The molecule has 0 aliphatic carbocycles. The van der Waals surface area contributed by atoms with E-state index in [0.717, 1.165) is 38.5 Å². The van der Waals surface area contributed by atoms with E-state index in [2.05, 4.69) is 19.2 Å². The van der Waals surface area contributed by atoms with E-state index in [0.29, 0.717) is 23.9 Å². The van der Waals surface area contributed by atoms with Gasteiger partial charge in [0.25, 0.3) is 0 Å². The molecule has 0 bridgehead atoms. The molecule has 0 radical (unpaired) electrons. The normalized spacial score (nSPS) is 13.6. The zero-order valence-corrected chi connectivity index (χ0v) is 52.5. The number of aliphatic hydroxyl groups excluding tert-OH is 1. The summed E-state index contributed by atoms with van der Waals surface area (Å²) >= 11 is 0. The van der Waals surface area contributed by atoms with Gasteiger partial charge in [-0.05, 0) is 12.8 Å². The average Bonchev–Trinajstić information content (AvgIpc) is 3.37. The maximum atomic E-state index is 13.1. The smallest absolute Gasteiger partial charge is 0.391 e. The highest BCUT2D eigenvalue weighted by atomic mass is 31.2. The molecule has 0 aliphatic rings. The summed E-state index contributed by atoms with van der Waals surface area (Å²) in [6, 6.07) is -0.756. The fourth-order valence-corrected chi connectivity index (χ4v) is 11.6. The molecule has 0 aromatic heterocycles. The molecule has 0 saturated carbocycles. The van der Waals surface area contributed by atoms with Crippen LogP contribution in [0.1, 0.15) is 367 Å². The second kappa shape index (κ2) is 58.2. The predicted octanol–water partition coefficient (Wildman–Crippen LogP) is 21.2. The molecule has 0 aromatic rings. The third-order valence-electron chi connectivity index (χ3n) is 16.1. The Balaban J connectivity index is 3.98. The van der Waals surface area contributed by atoms with E-state index in [1.165, 1.54) is 302 Å². The monoisotopic (exact) mass is 1080 g/mol. The summed E-state index contributed by atoms with van der Waals surface area (Å²) in [6.45, 7) is 4.96. The van der Waals surface area contributed by atoms with Crippen molar-refractivity contribution in [2.75, 3.05) is 40.9 Å². The molecule has 0 aliphatic heterocycles. The molecule has 450 valence electrons. The SMILES string of the molecule is CCCCCCCCCCCCCCCCCCCCCCCCCCCCCCCCCC(=O)NC(COP(=O)(O)OCC[N+](C)(C)C)C(O)CCCCCCCCCCCCCCCCCCCCCCCC. The number of carbonyl (C=O) groups excluding carboxylic acids is 1. The topological polar surface area (TPSA) is 105 Å². The number of nitrogens with zero attached hydrogens (tertiary/aromatic N) is 1. The van der Waals surface area contributed by atoms with Crippen LogP contribution in [0.15, 0.2) is 0 Å². The Morgan fingerprint density at radius 1 is 0.400 bits per heavy atom. The molecule has 8 nitrogen and oxygen atoms in total. The zero-order chi connectivity index (χ0) is 54.9. The van der Waals surface area contributed by atoms with Crippen molar-refractivity contribution in [1.82, 2.24) is 5.32 Å². The van der Waals surface area contributed by atoms with E-state index in [1.54, 1.807) is 0 Å². The second-order valence-electron chi connectivity index (χ2n) is 24.9. The number of unbranched alkanes of at least 4 members (excludes halogenated alkanes) is 51. The number of phosphoric ester groups is 1. The van der Waals surface area contributed by atoms with Crippen LogP contribution in [-0.4, -0.2) is 73.4 Å². The highest BCUT2D eigenvalue weighted by Crippen LogP contribution is 2.43. The number of likely N-dealkylation sites (N-methyl/N-ethyl adjacent to an activating group) is 1. The maximum Gasteiger partial charge on any atom is 0.472 e. The van der Waals surface area contributed by atoms with Gasteiger partial charge in [-0.3, -0.25) is 13.8 Å². The Morgan fingerprint density at radius 2 is 0.640 bits per heavy atom. The number of hydrogen-bond acceptors (Lipinski definition) is 5. The van der Waals surface area contributed by atoms with E-state index >= 15 is 0 Å². The number of carbonyl (C=O) groups is 1. The Kier molecular flexibility index (Phi) is 57.8. The van der Waals surface area contributed by atoms with Crippen LogP contribution in [0.5, 0.6) is 0 Å². The van der Waals surface area contributed by atoms with Crippen LogP contribution in [0.4, 0.5) is 0 Å². The van der Waals surface area contributed by atoms with Crippen LogP contribution < -0.4 is 5.32 Å². The van der Waals surface area contributed by atoms with Gasteiger partial charge >= 0.3 is 7.82 Å². The standard InChI is InChI=1S/C66H135N2O6P/c1-6-8-10-12-14-16-18-20-22-24-26-28-30-31-32-33-34-35-36-37-38-40-42-44-46-48-50-52-54-56-58-60-66(70)67-64(63-74-75(71,72)73-62-61-68(3,4)5)65(69)59-57-55-53-51-49-47-45-43-41-39-29-27-25-23-21-19-17-15-13-11-9-7-2/h64-65,69H,6-63H2,1-5H3,(H-,67,70,71,72)/p+1. The summed E-state index contributed by atoms with van der Waals surface area (Å²) in [5, 5.41) is 14.1. The van der Waals surface area contributed by atoms with Gasteiger partial charge in [0.2, 0.25) is 5.91 Å². The van der Waals surface area contributed by atoms with Gasteiger partial charge in [0, 0.05) is 6.42 Å². The van der Waals surface area contributed by atoms with Crippen molar-refractivity contribution in [2.24, 2.45) is 0 Å². The lowest BCUT2D eigenvalue weighted by Gasteiger charge is -2.26. The van der Waals surface area contributed by atoms with Crippen molar-refractivity contribution in [3.05, 3.63) is 0 Å². The first-order valence-electron chi connectivity index (χ1n) is 33.9. The molecule has 3 atom stereocenters. The van der Waals surface area contributed by atoms with Gasteiger partial charge in [0.15, 0.2) is 0 Å². The fourth-order valence-electron chi connectivity index (χ4n) is 10.8. The molecule has 3 N–H and O–H groups in total. The minimum atomic E-state index is -4.32. The highest BCUT2D eigenvalue weighted by molar-refractivity contribution is 7.47. The van der Waals surface area contributed by atoms with Gasteiger partial charge in [-0.15, -0.1) is 0 Å². The van der Waals surface area contributed by atoms with Crippen LogP contribution in [0.3, 0.4) is 0 Å². The third-order valence-corrected chi connectivity index (χ3v) is 17.1. The first kappa shape index (κ1) is 74.5. The summed E-state index contributed by atoms with van der Waals surface area (Å²) in [4.78, 5) is 23.4. The Morgan fingerprint density at radius 3 is 0.893 bits per heavy atom. The second-order valence-corrected chi connectivity index (χ2v) is 26.4. The number of hydrogen-bond donors (Lipinski definition) is 3. The van der Waals surface area contributed by atoms with Crippen molar-refractivity contribution >= 4 is 13.7 Å². The van der Waals surface area contributed by atoms with Crippen molar-refractivity contribution in [2.45, 2.75) is 379 Å². The van der Waals surface area contributed by atoms with E-state index in [9.17, 15) is 19.4 Å². The highest BCUT2D eigenvalue weighted by Gasteiger charge is 2.28. The van der Waals surface area contributed by atoms with Crippen LogP contribution in [0, 0.1) is 0 Å². The van der Waals surface area contributed by atoms with Gasteiger partial charge in [0.1, 0.15) is 13.2 Å². The first-order chi connectivity index (χ1) is 36.5. The van der Waals surface area contributed by atoms with Gasteiger partial charge in [-0.2, -0.15) is 0 Å². The molecule has 3 unspecified atom stereocenters. The van der Waals surface area contributed by atoms with Crippen molar-refractivity contribution < 1.29 is 32.9 Å². The van der Waals surface area contributed by atoms with Gasteiger partial charge in [-0.25, -0.2) is 4.57 Å². The third kappa shape index (κ3) is 61.0. The summed E-state index contributed by atoms with van der Waals surface area (Å²) in [7, 11) is 1.64. The lowest BCUT2D eigenvalue weighted by Crippen LogP contribution is -2.46. The quantitative estimate of drug-likeness (QED) is 0.0318. The van der Waals surface area contributed by atoms with Crippen LogP contribution in [-0.2, 0) is 18.4 Å². The average molecular weight is 1080 g/mol. The van der Waals surface area contributed by atoms with Crippen LogP contribution in [0.2, 0.25) is 0 Å². The Bertz CT molecular complexity index is 1180. The molecule has 0 saturated heterocycles. The molecule has 0 fully saturated rings. The Labute approximate surface area is 470 Å². The van der Waals surface area contributed by atoms with E-state index in [-0.39, 0.29) is 19.1 Å². The van der Waals surface area contributed by atoms with E-state index in [1.807, 2.05) is 21.1 Å². The van der Waals surface area contributed by atoms with E-state index < -0.39 is 20.0 Å². The number of aliphatic hydroxyl groups is 1. The van der Waals surface area contributed by atoms with E-state index in [4.69, 9.17) is 9.05 Å². The van der Waals surface area contributed by atoms with Crippen molar-refractivity contribution in [1.29, 1.82) is 0 Å². The minimum Gasteiger partial charge on any atom is -0.391 e. The molecule has 0 rings (SSSR count). The molecule has 0 aromatic carbocycles. The summed E-state index contributed by atoms with van der Waals surface area (Å²) in [5.41, 5.74) is 0. The van der Waals surface area contributed by atoms with Crippen LogP contribution in [0.25, 0.3) is 0 Å². The summed E-state index contributed by atoms with van der Waals surface area (Å²) in [5.74, 6) is -0.133. The summed E-state index contributed by atoms with van der Waals surface area (Å²) < 4.78 is 23.9.